The van der Waals surface area contributed by atoms with Gasteiger partial charge in [0.15, 0.2) is 0 Å². The van der Waals surface area contributed by atoms with Crippen molar-refractivity contribution >= 4 is 21.7 Å². The molecule has 2 radical (unpaired) electrons. The van der Waals surface area contributed by atoms with Crippen LogP contribution in [0.1, 0.15) is 61.0 Å². The molecule has 0 aliphatic carbocycles. The highest BCUT2D eigenvalue weighted by Crippen LogP contribution is 2.32. The van der Waals surface area contributed by atoms with Crippen LogP contribution < -0.4 is 5.32 Å². The molecule has 1 aromatic heterocycles. The van der Waals surface area contributed by atoms with E-state index in [1.165, 1.54) is 0 Å². The number of rotatable bonds is 4. The van der Waals surface area contributed by atoms with Crippen molar-refractivity contribution in [3.63, 3.8) is 0 Å². The number of nitrogens with zero attached hydrogens (tertiary/aromatic N) is 1. The molecule has 0 atom stereocenters. The van der Waals surface area contributed by atoms with Crippen LogP contribution in [0.25, 0.3) is 0 Å². The highest BCUT2D eigenvalue weighted by Gasteiger charge is 2.29. The van der Waals surface area contributed by atoms with Crippen molar-refractivity contribution in [1.82, 2.24) is 4.98 Å². The maximum absolute atomic E-state index is 12.0. The van der Waals surface area contributed by atoms with Gasteiger partial charge in [-0.1, -0.05) is 26.8 Å². The quantitative estimate of drug-likeness (QED) is 0.821. The predicted molar refractivity (Wildman–Crippen MR) is 93.7 cm³/mol. The zero-order valence-electron chi connectivity index (χ0n) is 15.4. The summed E-state index contributed by atoms with van der Waals surface area (Å²) in [4.78, 5) is 16.3. The van der Waals surface area contributed by atoms with Gasteiger partial charge in [0, 0.05) is 11.8 Å². The standard InChI is InChI=1S/C17H28N2O3Si/c1-15(2,3)21-14(20)19-13-12(10-9-11-18-13)17(7,8)22-23-16(4,5)6/h9-11H,1-8H3,(H,18,19,20). The number of ether oxygens (including phenoxy) is 1. The number of carbonyl (C=O) groups is 1. The molecule has 0 saturated heterocycles. The fourth-order valence-electron chi connectivity index (χ4n) is 1.73. The topological polar surface area (TPSA) is 60.5 Å². The Morgan fingerprint density at radius 2 is 1.74 bits per heavy atom. The lowest BCUT2D eigenvalue weighted by atomic mass is 9.99. The van der Waals surface area contributed by atoms with Gasteiger partial charge in [0.25, 0.3) is 0 Å². The van der Waals surface area contributed by atoms with Gasteiger partial charge in [-0.3, -0.25) is 5.32 Å². The van der Waals surface area contributed by atoms with E-state index in [-0.39, 0.29) is 5.04 Å². The molecule has 1 amide bonds. The third kappa shape index (κ3) is 7.13. The molecule has 0 saturated carbocycles. The van der Waals surface area contributed by atoms with Crippen LogP contribution in [0.4, 0.5) is 10.6 Å². The van der Waals surface area contributed by atoms with E-state index in [1.807, 2.05) is 46.8 Å². The van der Waals surface area contributed by atoms with Crippen molar-refractivity contribution in [3.8, 4) is 0 Å². The number of carbonyl (C=O) groups excluding carboxylic acids is 1. The van der Waals surface area contributed by atoms with E-state index in [4.69, 9.17) is 9.16 Å². The number of anilines is 1. The zero-order chi connectivity index (χ0) is 17.9. The zero-order valence-corrected chi connectivity index (χ0v) is 16.4. The van der Waals surface area contributed by atoms with Crippen LogP contribution in [0.15, 0.2) is 18.3 Å². The lowest BCUT2D eigenvalue weighted by molar-refractivity contribution is 0.0633. The molecule has 0 aliphatic heterocycles. The van der Waals surface area contributed by atoms with Crippen LogP contribution in [-0.4, -0.2) is 26.4 Å². The van der Waals surface area contributed by atoms with Crippen molar-refractivity contribution in [3.05, 3.63) is 23.9 Å². The molecule has 0 fully saturated rings. The van der Waals surface area contributed by atoms with Crippen LogP contribution in [0.3, 0.4) is 0 Å². The summed E-state index contributed by atoms with van der Waals surface area (Å²) in [6.07, 6.45) is 1.12. The fraction of sp³-hybridized carbons (Fsp3) is 0.647. The average molecular weight is 337 g/mol. The molecule has 0 spiro atoms. The lowest BCUT2D eigenvalue weighted by Crippen LogP contribution is -2.31. The van der Waals surface area contributed by atoms with Crippen molar-refractivity contribution in [2.75, 3.05) is 5.32 Å². The van der Waals surface area contributed by atoms with Crippen molar-refractivity contribution in [2.45, 2.75) is 71.6 Å². The Kier molecular flexibility index (Phi) is 5.98. The highest BCUT2D eigenvalue weighted by atomic mass is 28.2. The molecule has 23 heavy (non-hydrogen) atoms. The number of aromatic nitrogens is 1. The summed E-state index contributed by atoms with van der Waals surface area (Å²) in [5.41, 5.74) is -0.300. The normalized spacial score (nSPS) is 12.9. The van der Waals surface area contributed by atoms with E-state index in [0.717, 1.165) is 5.56 Å². The molecule has 0 bridgehead atoms. The summed E-state index contributed by atoms with van der Waals surface area (Å²) < 4.78 is 11.4. The van der Waals surface area contributed by atoms with Gasteiger partial charge in [0.1, 0.15) is 11.4 Å². The molecule has 128 valence electrons. The Labute approximate surface area is 142 Å². The Balaban J connectivity index is 2.94. The van der Waals surface area contributed by atoms with Crippen LogP contribution in [0.5, 0.6) is 0 Å². The summed E-state index contributed by atoms with van der Waals surface area (Å²) in [6, 6.07) is 3.74. The Bertz CT molecular complexity index is 546. The Morgan fingerprint density at radius 1 is 1.13 bits per heavy atom. The number of hydrogen-bond acceptors (Lipinski definition) is 4. The smallest absolute Gasteiger partial charge is 0.413 e. The van der Waals surface area contributed by atoms with Gasteiger partial charge in [-0.05, 0) is 45.7 Å². The number of pyridine rings is 1. The predicted octanol–water partition coefficient (Wildman–Crippen LogP) is 4.52. The minimum absolute atomic E-state index is 0.0816. The molecule has 1 aromatic rings. The average Bonchev–Trinajstić information content (AvgIpc) is 2.34. The van der Waals surface area contributed by atoms with E-state index in [1.54, 1.807) is 6.20 Å². The molecule has 1 heterocycles. The second-order valence-corrected chi connectivity index (χ2v) is 9.90. The maximum atomic E-state index is 12.0. The van der Waals surface area contributed by atoms with E-state index in [9.17, 15) is 4.79 Å². The van der Waals surface area contributed by atoms with Gasteiger partial charge >= 0.3 is 6.09 Å². The van der Waals surface area contributed by atoms with Crippen LogP contribution in [0.2, 0.25) is 5.04 Å². The SMILES string of the molecule is CC(C)(C)OC(=O)Nc1ncccc1C(C)(C)O[Si]C(C)(C)C. The molecule has 5 nitrogen and oxygen atoms in total. The van der Waals surface area contributed by atoms with Crippen molar-refractivity contribution < 1.29 is 14.0 Å². The summed E-state index contributed by atoms with van der Waals surface area (Å²) in [5.74, 6) is 0.463. The Morgan fingerprint density at radius 3 is 2.26 bits per heavy atom. The first-order valence-electron chi connectivity index (χ1n) is 7.71. The summed E-state index contributed by atoms with van der Waals surface area (Å²) in [6.45, 7) is 15.8. The molecule has 0 unspecified atom stereocenters. The van der Waals surface area contributed by atoms with Crippen LogP contribution in [-0.2, 0) is 14.8 Å². The minimum atomic E-state index is -0.565. The van der Waals surface area contributed by atoms with Crippen molar-refractivity contribution in [1.29, 1.82) is 0 Å². The van der Waals surface area contributed by atoms with E-state index in [0.29, 0.717) is 15.6 Å². The molecule has 0 aromatic carbocycles. The van der Waals surface area contributed by atoms with Gasteiger partial charge in [0.05, 0.1) is 5.60 Å². The first-order chi connectivity index (χ1) is 10.3. The first kappa shape index (κ1) is 19.6. The van der Waals surface area contributed by atoms with E-state index < -0.39 is 17.3 Å². The summed E-state index contributed by atoms with van der Waals surface area (Å²) in [5, 5.41) is 2.80. The second-order valence-electron chi connectivity index (χ2n) is 7.99. The molecule has 1 N–H and O–H groups in total. The van der Waals surface area contributed by atoms with Crippen LogP contribution >= 0.6 is 0 Å². The molecule has 6 heteroatoms. The summed E-state index contributed by atoms with van der Waals surface area (Å²) >= 11 is 0. The van der Waals surface area contributed by atoms with Crippen molar-refractivity contribution in [2.24, 2.45) is 0 Å². The van der Waals surface area contributed by atoms with Gasteiger partial charge in [0.2, 0.25) is 9.76 Å². The highest BCUT2D eigenvalue weighted by molar-refractivity contribution is 6.31. The fourth-order valence-corrected chi connectivity index (χ4v) is 2.40. The second kappa shape index (κ2) is 7.01. The lowest BCUT2D eigenvalue weighted by Gasteiger charge is -2.31. The number of hydrogen-bond donors (Lipinski definition) is 1. The maximum Gasteiger partial charge on any atom is 0.413 e. The Hall–Kier alpha value is -1.40. The molecular formula is C17H28N2O3Si. The van der Waals surface area contributed by atoms with Gasteiger partial charge in [-0.25, -0.2) is 9.78 Å². The van der Waals surface area contributed by atoms with Crippen LogP contribution in [0, 0.1) is 0 Å². The van der Waals surface area contributed by atoms with E-state index >= 15 is 0 Å². The van der Waals surface area contributed by atoms with Gasteiger partial charge in [-0.2, -0.15) is 0 Å². The largest absolute Gasteiger partial charge is 0.444 e. The molecule has 0 aliphatic rings. The third-order valence-electron chi connectivity index (χ3n) is 2.69. The van der Waals surface area contributed by atoms with E-state index in [2.05, 4.69) is 31.1 Å². The summed E-state index contributed by atoms with van der Waals surface area (Å²) in [7, 11) is 0.330. The monoisotopic (exact) mass is 336 g/mol. The van der Waals surface area contributed by atoms with Gasteiger partial charge < -0.3 is 9.16 Å². The minimum Gasteiger partial charge on any atom is -0.444 e. The first-order valence-corrected chi connectivity index (χ1v) is 8.62. The number of nitrogens with one attached hydrogen (secondary N) is 1. The van der Waals surface area contributed by atoms with Gasteiger partial charge in [-0.15, -0.1) is 0 Å². The third-order valence-corrected chi connectivity index (χ3v) is 3.91. The molecular weight excluding hydrogens is 308 g/mol. The number of amides is 1. The molecule has 1 rings (SSSR count).